The molecule has 6 heteroatoms. The molecule has 0 radical (unpaired) electrons. The number of hydrogen-bond donors (Lipinski definition) is 0. The maximum atomic E-state index is 5.33. The summed E-state index contributed by atoms with van der Waals surface area (Å²) in [4.78, 5) is 10.7. The predicted octanol–water partition coefficient (Wildman–Crippen LogP) is 9.61. The van der Waals surface area contributed by atoms with Crippen LogP contribution in [0.4, 0.5) is 0 Å². The van der Waals surface area contributed by atoms with Crippen molar-refractivity contribution in [3.05, 3.63) is 47.8 Å². The van der Waals surface area contributed by atoms with Crippen molar-refractivity contribution in [2.75, 3.05) is 0 Å². The molecule has 4 saturated carbocycles. The fourth-order valence-electron chi connectivity index (χ4n) is 8.56. The largest absolute Gasteiger partial charge is 0.251 e. The first-order valence-corrected chi connectivity index (χ1v) is 21.6. The molecule has 2 nitrogen and oxygen atoms in total. The molecule has 0 aliphatic heterocycles. The Morgan fingerprint density at radius 2 is 0.738 bits per heavy atom. The summed E-state index contributed by atoms with van der Waals surface area (Å²) in [6, 6.07) is 13.7. The monoisotopic (exact) mass is 602 g/mol. The molecule has 2 heterocycles. The lowest BCUT2D eigenvalue weighted by molar-refractivity contribution is 0.483. The molecule has 0 N–H and O–H groups in total. The number of hydrogen-bond acceptors (Lipinski definition) is 2. The van der Waals surface area contributed by atoms with Crippen LogP contribution in [0, 0.1) is 0 Å². The summed E-state index contributed by atoms with van der Waals surface area (Å²) in [5, 5.41) is 0. The molecular formula is C36H58B2N2P2. The molecule has 6 rings (SSSR count). The second kappa shape index (κ2) is 17.7. The van der Waals surface area contributed by atoms with Crippen LogP contribution in [0.15, 0.2) is 36.4 Å². The minimum absolute atomic E-state index is 0.0319. The molecule has 0 unspecified atom stereocenters. The van der Waals surface area contributed by atoms with Crippen LogP contribution in [0.1, 0.15) is 140 Å². The third-order valence-electron chi connectivity index (χ3n) is 10.7. The van der Waals surface area contributed by atoms with Gasteiger partial charge in [-0.15, -0.1) is 0 Å². The summed E-state index contributed by atoms with van der Waals surface area (Å²) >= 11 is 0. The van der Waals surface area contributed by atoms with Gasteiger partial charge in [0.25, 0.3) is 0 Å². The quantitative estimate of drug-likeness (QED) is 0.211. The van der Waals surface area contributed by atoms with Crippen LogP contribution < -0.4 is 0 Å². The summed E-state index contributed by atoms with van der Waals surface area (Å²) < 4.78 is 0. The highest BCUT2D eigenvalue weighted by Gasteiger charge is 2.33. The van der Waals surface area contributed by atoms with Crippen LogP contribution in [-0.2, 0) is 12.3 Å². The zero-order valence-electron chi connectivity index (χ0n) is 27.1. The third-order valence-corrected chi connectivity index (χ3v) is 17.9. The molecule has 2 aromatic heterocycles. The summed E-state index contributed by atoms with van der Waals surface area (Å²) in [6.07, 6.45) is 31.9. The number of rotatable bonds is 9. The van der Waals surface area contributed by atoms with Crippen LogP contribution in [0.2, 0.25) is 0 Å². The van der Waals surface area contributed by atoms with Gasteiger partial charge in [-0.25, -0.2) is 0 Å². The summed E-state index contributed by atoms with van der Waals surface area (Å²) in [5.74, 6) is 0. The van der Waals surface area contributed by atoms with E-state index in [0.717, 1.165) is 34.0 Å². The number of aromatic nitrogens is 2. The molecular weight excluding hydrogens is 544 g/mol. The maximum Gasteiger partial charge on any atom is 0.0889 e. The van der Waals surface area contributed by atoms with E-state index in [0.29, 0.717) is 0 Å². The normalized spacial score (nSPS) is 21.8. The van der Waals surface area contributed by atoms with Gasteiger partial charge in [0.05, 0.1) is 26.9 Å². The van der Waals surface area contributed by atoms with Crippen LogP contribution in [-0.4, -0.2) is 48.1 Å². The zero-order valence-corrected chi connectivity index (χ0v) is 28.9. The van der Waals surface area contributed by atoms with Gasteiger partial charge in [-0.3, -0.25) is 9.97 Å². The highest BCUT2D eigenvalue weighted by molar-refractivity contribution is 7.58. The van der Waals surface area contributed by atoms with Crippen molar-refractivity contribution in [1.82, 2.24) is 9.97 Å². The second-order valence-corrected chi connectivity index (χ2v) is 19.2. The van der Waals surface area contributed by atoms with Gasteiger partial charge in [0.15, 0.2) is 0 Å². The summed E-state index contributed by atoms with van der Waals surface area (Å²) in [6.45, 7) is 0. The molecule has 0 bridgehead atoms. The first-order chi connectivity index (χ1) is 20.8. The van der Waals surface area contributed by atoms with Gasteiger partial charge in [-0.05, 0) is 98.3 Å². The molecule has 0 spiro atoms. The van der Waals surface area contributed by atoms with Crippen molar-refractivity contribution in [2.45, 2.75) is 163 Å². The van der Waals surface area contributed by atoms with E-state index in [9.17, 15) is 0 Å². The lowest BCUT2D eigenvalue weighted by Gasteiger charge is -2.38. The fourth-order valence-corrected chi connectivity index (χ4v) is 16.0. The molecule has 0 amide bonds. The van der Waals surface area contributed by atoms with E-state index >= 15 is 0 Å². The predicted molar refractivity (Wildman–Crippen MR) is 193 cm³/mol. The first-order valence-electron chi connectivity index (χ1n) is 18.3. The smallest absolute Gasteiger partial charge is 0.0889 e. The van der Waals surface area contributed by atoms with Crippen LogP contribution >= 0.6 is 15.8 Å². The minimum Gasteiger partial charge on any atom is -0.251 e. The number of pyridine rings is 2. The van der Waals surface area contributed by atoms with Crippen molar-refractivity contribution >= 4 is 31.3 Å². The average molecular weight is 602 g/mol. The highest BCUT2D eigenvalue weighted by atomic mass is 31.1. The van der Waals surface area contributed by atoms with Crippen LogP contribution in [0.25, 0.3) is 11.4 Å². The standard InChI is InChI=1S/C36H54N2P2.B2H4/c1-5-17-31(18-6-1)39(32-19-7-2-8-20-32)27-29-15-13-25-35(37-29)36-26-14-16-30(38-36)28-40(33-21-9-3-10-22-33)34-23-11-4-12-24-34;1-2/h13-16,25-26,31-34H,1-12,17-24,27-28H2;1-2H2. The van der Waals surface area contributed by atoms with Gasteiger partial charge in [0, 0.05) is 23.7 Å². The van der Waals surface area contributed by atoms with E-state index in [4.69, 9.17) is 9.97 Å². The van der Waals surface area contributed by atoms with Crippen molar-refractivity contribution < 1.29 is 0 Å². The van der Waals surface area contributed by atoms with Gasteiger partial charge in [-0.2, -0.15) is 0 Å². The molecule has 0 atom stereocenters. The Balaban J connectivity index is 0.00000173. The van der Waals surface area contributed by atoms with E-state index < -0.39 is 0 Å². The molecule has 4 aliphatic carbocycles. The van der Waals surface area contributed by atoms with E-state index in [-0.39, 0.29) is 15.8 Å². The van der Waals surface area contributed by atoms with Crippen LogP contribution in [0.3, 0.4) is 0 Å². The SMILES string of the molecule is BB.c1cc(CP(C2CCCCC2)C2CCCCC2)nc(-c2cccc(CP(C3CCCCC3)C3CCCCC3)n2)c1. The fraction of sp³-hybridized carbons (Fsp3) is 0.722. The minimum atomic E-state index is 0.0319. The third kappa shape index (κ3) is 9.16. The Morgan fingerprint density at radius 1 is 0.452 bits per heavy atom. The van der Waals surface area contributed by atoms with E-state index in [1.54, 1.807) is 0 Å². The molecule has 4 fully saturated rings. The number of nitrogens with zero attached hydrogens (tertiary/aromatic N) is 2. The van der Waals surface area contributed by atoms with Crippen molar-refractivity contribution in [3.63, 3.8) is 0 Å². The Labute approximate surface area is 263 Å². The molecule has 228 valence electrons. The Hall–Kier alpha value is -0.710. The molecule has 0 saturated heterocycles. The summed E-state index contributed by atoms with van der Waals surface area (Å²) in [5.41, 5.74) is 8.85. The average Bonchev–Trinajstić information content (AvgIpc) is 3.09. The van der Waals surface area contributed by atoms with Crippen molar-refractivity contribution in [2.24, 2.45) is 0 Å². The van der Waals surface area contributed by atoms with Gasteiger partial charge < -0.3 is 0 Å². The highest BCUT2D eigenvalue weighted by Crippen LogP contribution is 2.58. The molecule has 42 heavy (non-hydrogen) atoms. The van der Waals surface area contributed by atoms with E-state index in [1.165, 1.54) is 152 Å². The van der Waals surface area contributed by atoms with Crippen molar-refractivity contribution in [1.29, 1.82) is 0 Å². The van der Waals surface area contributed by atoms with E-state index in [1.807, 2.05) is 15.5 Å². The van der Waals surface area contributed by atoms with Gasteiger partial charge in [-0.1, -0.05) is 105 Å². The lowest BCUT2D eigenvalue weighted by atomic mass is 9.81. The molecule has 0 aromatic carbocycles. The Morgan fingerprint density at radius 3 is 1.02 bits per heavy atom. The van der Waals surface area contributed by atoms with E-state index in [2.05, 4.69) is 36.4 Å². The second-order valence-electron chi connectivity index (χ2n) is 13.5. The van der Waals surface area contributed by atoms with Gasteiger partial charge in [0.2, 0.25) is 0 Å². The molecule has 2 aromatic rings. The Bertz CT molecular complexity index is 925. The Kier molecular flexibility index (Phi) is 13.8. The van der Waals surface area contributed by atoms with Crippen LogP contribution in [0.5, 0.6) is 0 Å². The molecule has 4 aliphatic rings. The maximum absolute atomic E-state index is 5.33. The lowest BCUT2D eigenvalue weighted by Crippen LogP contribution is -2.21. The zero-order chi connectivity index (χ0) is 29.0. The first kappa shape index (κ1) is 32.7. The topological polar surface area (TPSA) is 25.8 Å². The van der Waals surface area contributed by atoms with Gasteiger partial charge >= 0.3 is 0 Å². The van der Waals surface area contributed by atoms with Gasteiger partial charge in [0.1, 0.15) is 0 Å². The van der Waals surface area contributed by atoms with Crippen molar-refractivity contribution in [3.8, 4) is 11.4 Å². The summed E-state index contributed by atoms with van der Waals surface area (Å²) in [7, 11) is 4.06.